The molecular formula is C16H24N2O. The third-order valence-electron chi connectivity index (χ3n) is 4.76. The van der Waals surface area contributed by atoms with Gasteiger partial charge >= 0.3 is 0 Å². The average molecular weight is 260 g/mol. The Balaban J connectivity index is 1.94. The van der Waals surface area contributed by atoms with Crippen molar-refractivity contribution in [3.63, 3.8) is 0 Å². The maximum atomic E-state index is 6.22. The molecule has 19 heavy (non-hydrogen) atoms. The number of hydrogen-bond acceptors (Lipinski definition) is 3. The quantitative estimate of drug-likeness (QED) is 0.877. The van der Waals surface area contributed by atoms with Crippen LogP contribution in [0.5, 0.6) is 0 Å². The summed E-state index contributed by atoms with van der Waals surface area (Å²) < 4.78 is 5.66. The molecule has 0 amide bonds. The van der Waals surface area contributed by atoms with Crippen LogP contribution in [0.25, 0.3) is 0 Å². The summed E-state index contributed by atoms with van der Waals surface area (Å²) in [7, 11) is 0. The molecule has 0 unspecified atom stereocenters. The average Bonchev–Trinajstić information content (AvgIpc) is 2.77. The van der Waals surface area contributed by atoms with E-state index in [0.29, 0.717) is 6.54 Å². The van der Waals surface area contributed by atoms with E-state index in [1.54, 1.807) is 0 Å². The third kappa shape index (κ3) is 2.10. The van der Waals surface area contributed by atoms with Gasteiger partial charge in [0.25, 0.3) is 0 Å². The third-order valence-corrected chi connectivity index (χ3v) is 4.76. The fourth-order valence-electron chi connectivity index (χ4n) is 3.86. The van der Waals surface area contributed by atoms with Gasteiger partial charge in [-0.3, -0.25) is 4.90 Å². The first kappa shape index (κ1) is 13.1. The van der Waals surface area contributed by atoms with Crippen LogP contribution in [0.4, 0.5) is 0 Å². The van der Waals surface area contributed by atoms with Gasteiger partial charge in [0.1, 0.15) is 0 Å². The molecule has 2 N–H and O–H groups in total. The summed E-state index contributed by atoms with van der Waals surface area (Å²) in [5.41, 5.74) is 9.30. The van der Waals surface area contributed by atoms with Crippen LogP contribution < -0.4 is 5.73 Å². The van der Waals surface area contributed by atoms with Crippen LogP contribution in [0, 0.1) is 0 Å². The minimum Gasteiger partial charge on any atom is -0.378 e. The van der Waals surface area contributed by atoms with Gasteiger partial charge in [-0.05, 0) is 37.8 Å². The predicted octanol–water partition coefficient (Wildman–Crippen LogP) is 1.59. The normalized spacial score (nSPS) is 25.2. The second-order valence-corrected chi connectivity index (χ2v) is 6.57. The maximum absolute atomic E-state index is 6.22. The fraction of sp³-hybridized carbons (Fsp3) is 0.625. The van der Waals surface area contributed by atoms with Gasteiger partial charge in [-0.25, -0.2) is 0 Å². The number of rotatable bonds is 2. The molecule has 1 aliphatic heterocycles. The molecule has 1 heterocycles. The van der Waals surface area contributed by atoms with Crippen molar-refractivity contribution in [1.82, 2.24) is 4.90 Å². The number of benzene rings is 1. The fourth-order valence-corrected chi connectivity index (χ4v) is 3.86. The number of hydrogen-bond donors (Lipinski definition) is 1. The van der Waals surface area contributed by atoms with E-state index in [2.05, 4.69) is 43.0 Å². The Morgan fingerprint density at radius 1 is 1.21 bits per heavy atom. The lowest BCUT2D eigenvalue weighted by Gasteiger charge is -2.52. The van der Waals surface area contributed by atoms with E-state index in [0.717, 1.165) is 32.6 Å². The summed E-state index contributed by atoms with van der Waals surface area (Å²) in [6, 6.07) is 8.77. The summed E-state index contributed by atoms with van der Waals surface area (Å²) in [5.74, 6) is 0. The van der Waals surface area contributed by atoms with Crippen molar-refractivity contribution in [3.8, 4) is 0 Å². The van der Waals surface area contributed by atoms with Crippen molar-refractivity contribution >= 4 is 0 Å². The highest BCUT2D eigenvalue weighted by atomic mass is 16.5. The minimum absolute atomic E-state index is 0.0691. The van der Waals surface area contributed by atoms with E-state index in [9.17, 15) is 0 Å². The van der Waals surface area contributed by atoms with Crippen LogP contribution >= 0.6 is 0 Å². The van der Waals surface area contributed by atoms with Gasteiger partial charge in [0.15, 0.2) is 0 Å². The molecule has 3 nitrogen and oxygen atoms in total. The Morgan fingerprint density at radius 2 is 1.84 bits per heavy atom. The predicted molar refractivity (Wildman–Crippen MR) is 77.2 cm³/mol. The lowest BCUT2D eigenvalue weighted by molar-refractivity contribution is -0.101. The summed E-state index contributed by atoms with van der Waals surface area (Å²) >= 11 is 0. The molecule has 0 radical (unpaired) electrons. The van der Waals surface area contributed by atoms with Crippen molar-refractivity contribution in [2.24, 2.45) is 5.73 Å². The smallest absolute Gasteiger partial charge is 0.0645 e. The van der Waals surface area contributed by atoms with Crippen LogP contribution in [-0.2, 0) is 17.6 Å². The minimum atomic E-state index is 0.0691. The Labute approximate surface area is 115 Å². The molecule has 1 saturated heterocycles. The van der Waals surface area contributed by atoms with Crippen molar-refractivity contribution in [3.05, 3.63) is 35.4 Å². The Hall–Kier alpha value is -0.900. The molecule has 0 atom stereocenters. The Bertz CT molecular complexity index is 445. The van der Waals surface area contributed by atoms with Crippen LogP contribution in [-0.4, -0.2) is 42.3 Å². The molecule has 1 aliphatic carbocycles. The molecule has 1 fully saturated rings. The zero-order valence-corrected chi connectivity index (χ0v) is 12.0. The van der Waals surface area contributed by atoms with Gasteiger partial charge in [-0.15, -0.1) is 0 Å². The molecule has 0 saturated carbocycles. The molecule has 1 aromatic rings. The molecule has 0 bridgehead atoms. The number of nitrogens with two attached hydrogens (primary N) is 1. The van der Waals surface area contributed by atoms with E-state index in [4.69, 9.17) is 10.5 Å². The zero-order chi connectivity index (χ0) is 13.5. The van der Waals surface area contributed by atoms with Gasteiger partial charge in [-0.1, -0.05) is 24.3 Å². The molecule has 0 aromatic heterocycles. The van der Waals surface area contributed by atoms with E-state index in [1.807, 2.05) is 0 Å². The van der Waals surface area contributed by atoms with Gasteiger partial charge in [0, 0.05) is 24.2 Å². The number of morpholine rings is 1. The van der Waals surface area contributed by atoms with Crippen molar-refractivity contribution in [2.45, 2.75) is 37.8 Å². The molecule has 104 valence electrons. The van der Waals surface area contributed by atoms with Crippen LogP contribution in [0.3, 0.4) is 0 Å². The Morgan fingerprint density at radius 3 is 2.37 bits per heavy atom. The van der Waals surface area contributed by atoms with Crippen molar-refractivity contribution in [2.75, 3.05) is 26.3 Å². The molecule has 2 aliphatic rings. The van der Waals surface area contributed by atoms with E-state index >= 15 is 0 Å². The van der Waals surface area contributed by atoms with E-state index in [1.165, 1.54) is 11.1 Å². The van der Waals surface area contributed by atoms with Crippen LogP contribution in [0.15, 0.2) is 24.3 Å². The molecule has 3 heteroatoms. The first-order chi connectivity index (χ1) is 9.07. The topological polar surface area (TPSA) is 38.5 Å². The monoisotopic (exact) mass is 260 g/mol. The summed E-state index contributed by atoms with van der Waals surface area (Å²) in [6.45, 7) is 7.86. The lowest BCUT2D eigenvalue weighted by atomic mass is 9.87. The summed E-state index contributed by atoms with van der Waals surface area (Å²) in [6.07, 6.45) is 2.15. The first-order valence-corrected chi connectivity index (χ1v) is 7.20. The Kier molecular flexibility index (Phi) is 3.16. The van der Waals surface area contributed by atoms with Crippen LogP contribution in [0.2, 0.25) is 0 Å². The highest BCUT2D eigenvalue weighted by Gasteiger charge is 2.47. The highest BCUT2D eigenvalue weighted by molar-refractivity contribution is 5.37. The lowest BCUT2D eigenvalue weighted by Crippen LogP contribution is -2.66. The van der Waals surface area contributed by atoms with Gasteiger partial charge < -0.3 is 10.5 Å². The molecule has 3 rings (SSSR count). The first-order valence-electron chi connectivity index (χ1n) is 7.20. The standard InChI is InChI=1S/C16H24N2O/c1-15(2)12-19-8-7-18(15)16(11-17)9-13-5-3-4-6-14(13)10-16/h3-6H,7-12,17H2,1-2H3. The molecule has 0 spiro atoms. The van der Waals surface area contributed by atoms with E-state index in [-0.39, 0.29) is 11.1 Å². The molecule has 1 aromatic carbocycles. The van der Waals surface area contributed by atoms with Gasteiger partial charge in [0.05, 0.1) is 13.2 Å². The van der Waals surface area contributed by atoms with Gasteiger partial charge in [0.2, 0.25) is 0 Å². The second-order valence-electron chi connectivity index (χ2n) is 6.57. The van der Waals surface area contributed by atoms with Crippen LogP contribution in [0.1, 0.15) is 25.0 Å². The largest absolute Gasteiger partial charge is 0.378 e. The highest BCUT2D eigenvalue weighted by Crippen LogP contribution is 2.38. The molecular weight excluding hydrogens is 236 g/mol. The summed E-state index contributed by atoms with van der Waals surface area (Å²) in [4.78, 5) is 2.60. The van der Waals surface area contributed by atoms with Gasteiger partial charge in [-0.2, -0.15) is 0 Å². The van der Waals surface area contributed by atoms with Crippen molar-refractivity contribution in [1.29, 1.82) is 0 Å². The SMILES string of the molecule is CC1(C)COCCN1C1(CN)Cc2ccccc2C1. The van der Waals surface area contributed by atoms with E-state index < -0.39 is 0 Å². The van der Waals surface area contributed by atoms with Crippen molar-refractivity contribution < 1.29 is 4.74 Å². The summed E-state index contributed by atoms with van der Waals surface area (Å²) in [5, 5.41) is 0. The zero-order valence-electron chi connectivity index (χ0n) is 12.0. The maximum Gasteiger partial charge on any atom is 0.0645 e. The number of ether oxygens (including phenoxy) is 1. The number of nitrogens with zero attached hydrogens (tertiary/aromatic N) is 1. The number of fused-ring (bicyclic) bond motifs is 1. The second kappa shape index (κ2) is 4.58.